The van der Waals surface area contributed by atoms with Crippen LogP contribution in [0.5, 0.6) is 0 Å². The molecule has 1 aliphatic heterocycles. The van der Waals surface area contributed by atoms with Gasteiger partial charge in [-0.2, -0.15) is 18.4 Å². The maximum atomic E-state index is 12.4. The van der Waals surface area contributed by atoms with Crippen LogP contribution in [-0.4, -0.2) is 40.4 Å². The first-order valence-corrected chi connectivity index (χ1v) is 12.4. The molecule has 0 spiro atoms. The van der Waals surface area contributed by atoms with E-state index in [-0.39, 0.29) is 12.0 Å². The molecule has 1 saturated heterocycles. The monoisotopic (exact) mass is 556 g/mol. The Morgan fingerprint density at radius 3 is 2.08 bits per heavy atom. The summed E-state index contributed by atoms with van der Waals surface area (Å²) < 4.78 is 31.7. The lowest BCUT2D eigenvalue weighted by Crippen LogP contribution is -2.47. The summed E-state index contributed by atoms with van der Waals surface area (Å²) in [5.41, 5.74) is 0.517. The van der Waals surface area contributed by atoms with E-state index in [1.807, 2.05) is 24.3 Å². The molecule has 1 aliphatic carbocycles. The van der Waals surface area contributed by atoms with Crippen molar-refractivity contribution >= 4 is 35.1 Å². The molecule has 3 N–H and O–H groups in total. The van der Waals surface area contributed by atoms with Gasteiger partial charge in [0, 0.05) is 22.0 Å². The number of hydrogen-bond acceptors (Lipinski definition) is 4. The SMILES string of the molecule is N#C[C@]1(c2ccc(Cl)cc2)[C@H](C2CCCCC2)N[C@@H](C(=O)O)[C@@H]1c1cccc(Cl)c1.O=C(O)C(F)(F)F. The summed E-state index contributed by atoms with van der Waals surface area (Å²) in [7, 11) is 0. The number of nitrogens with one attached hydrogen (secondary N) is 1. The van der Waals surface area contributed by atoms with Crippen LogP contribution in [0.3, 0.4) is 0 Å². The molecular formula is C26H25Cl2F3N2O4. The molecule has 0 aromatic heterocycles. The van der Waals surface area contributed by atoms with Crippen molar-refractivity contribution in [1.29, 1.82) is 5.26 Å². The number of benzene rings is 2. The van der Waals surface area contributed by atoms with E-state index in [1.54, 1.807) is 24.3 Å². The predicted octanol–water partition coefficient (Wildman–Crippen LogP) is 6.18. The summed E-state index contributed by atoms with van der Waals surface area (Å²) in [6, 6.07) is 16.0. The Bertz CT molecular complexity index is 1160. The van der Waals surface area contributed by atoms with E-state index in [1.165, 1.54) is 6.42 Å². The van der Waals surface area contributed by atoms with Gasteiger partial charge in [0.2, 0.25) is 0 Å². The maximum Gasteiger partial charge on any atom is 0.490 e. The third kappa shape index (κ3) is 6.20. The number of alkyl halides is 3. The second kappa shape index (κ2) is 11.7. The Labute approximate surface area is 222 Å². The first-order valence-electron chi connectivity index (χ1n) is 11.6. The third-order valence-corrected chi connectivity index (χ3v) is 7.51. The highest BCUT2D eigenvalue weighted by Gasteiger charge is 2.61. The van der Waals surface area contributed by atoms with Crippen LogP contribution in [-0.2, 0) is 15.0 Å². The minimum atomic E-state index is -5.08. The van der Waals surface area contributed by atoms with Crippen molar-refractivity contribution in [1.82, 2.24) is 5.32 Å². The van der Waals surface area contributed by atoms with Gasteiger partial charge in [0.15, 0.2) is 0 Å². The summed E-state index contributed by atoms with van der Waals surface area (Å²) in [5, 5.41) is 32.4. The van der Waals surface area contributed by atoms with Crippen LogP contribution in [0.15, 0.2) is 48.5 Å². The summed E-state index contributed by atoms with van der Waals surface area (Å²) in [6.07, 6.45) is 0.283. The Morgan fingerprint density at radius 2 is 1.59 bits per heavy atom. The van der Waals surface area contributed by atoms with Crippen LogP contribution >= 0.6 is 23.2 Å². The zero-order valence-electron chi connectivity index (χ0n) is 19.5. The van der Waals surface area contributed by atoms with Crippen molar-refractivity contribution in [3.05, 3.63) is 69.7 Å². The largest absolute Gasteiger partial charge is 0.490 e. The quantitative estimate of drug-likeness (QED) is 0.415. The average molecular weight is 557 g/mol. The van der Waals surface area contributed by atoms with Crippen LogP contribution in [0.4, 0.5) is 13.2 Å². The van der Waals surface area contributed by atoms with E-state index in [2.05, 4.69) is 11.4 Å². The van der Waals surface area contributed by atoms with Crippen molar-refractivity contribution < 1.29 is 33.0 Å². The fourth-order valence-electron chi connectivity index (χ4n) is 5.51. The number of nitriles is 1. The van der Waals surface area contributed by atoms with Gasteiger partial charge in [-0.1, -0.05) is 66.7 Å². The van der Waals surface area contributed by atoms with Gasteiger partial charge in [-0.25, -0.2) is 4.79 Å². The number of nitrogens with zero attached hydrogens (tertiary/aromatic N) is 1. The molecule has 6 nitrogen and oxygen atoms in total. The minimum Gasteiger partial charge on any atom is -0.480 e. The molecule has 2 aromatic rings. The number of carbonyl (C=O) groups is 2. The molecule has 0 amide bonds. The molecule has 4 atom stereocenters. The van der Waals surface area contributed by atoms with Gasteiger partial charge in [-0.3, -0.25) is 10.1 Å². The lowest BCUT2D eigenvalue weighted by Gasteiger charge is -2.39. The van der Waals surface area contributed by atoms with Gasteiger partial charge in [-0.05, 0) is 54.2 Å². The molecule has 0 radical (unpaired) electrons. The number of hydrogen-bond donors (Lipinski definition) is 3. The molecule has 2 aromatic carbocycles. The number of rotatable bonds is 4. The number of carboxylic acid groups (broad SMARTS) is 2. The van der Waals surface area contributed by atoms with Gasteiger partial charge >= 0.3 is 18.1 Å². The molecule has 11 heteroatoms. The molecule has 198 valence electrons. The smallest absolute Gasteiger partial charge is 0.480 e. The summed E-state index contributed by atoms with van der Waals surface area (Å²) >= 11 is 12.4. The average Bonchev–Trinajstić information content (AvgIpc) is 3.21. The molecule has 1 saturated carbocycles. The van der Waals surface area contributed by atoms with Crippen molar-refractivity contribution in [2.75, 3.05) is 0 Å². The Morgan fingerprint density at radius 1 is 1.00 bits per heavy atom. The molecule has 2 fully saturated rings. The second-order valence-corrected chi connectivity index (χ2v) is 10.1. The lowest BCUT2D eigenvalue weighted by molar-refractivity contribution is -0.192. The van der Waals surface area contributed by atoms with E-state index >= 15 is 0 Å². The van der Waals surface area contributed by atoms with E-state index in [4.69, 9.17) is 33.1 Å². The summed E-state index contributed by atoms with van der Waals surface area (Å²) in [6.45, 7) is 0. The standard InChI is InChI=1S/C24H24Cl2N2O2.C2HF3O2/c25-18-11-9-17(10-12-18)24(14-27)20(16-7-4-8-19(26)13-16)21(23(29)30)28-22(24)15-5-2-1-3-6-15;3-2(4,5)1(6)7/h4,7-13,15,20-22,28H,1-3,5-6H2,(H,29,30);(H,6,7)/t20-,21+,22-,24+;/m0./s1. The van der Waals surface area contributed by atoms with Crippen LogP contribution in [0.2, 0.25) is 10.0 Å². The van der Waals surface area contributed by atoms with E-state index in [0.717, 1.165) is 36.8 Å². The third-order valence-electron chi connectivity index (χ3n) is 7.02. The molecule has 2 aliphatic rings. The summed E-state index contributed by atoms with van der Waals surface area (Å²) in [4.78, 5) is 21.3. The Kier molecular flexibility index (Phi) is 9.11. The zero-order valence-corrected chi connectivity index (χ0v) is 21.0. The number of aliphatic carboxylic acids is 2. The van der Waals surface area contributed by atoms with Gasteiger partial charge in [-0.15, -0.1) is 0 Å². The van der Waals surface area contributed by atoms with Crippen molar-refractivity contribution in [3.8, 4) is 6.07 Å². The van der Waals surface area contributed by atoms with Gasteiger partial charge in [0.05, 0.1) is 6.07 Å². The van der Waals surface area contributed by atoms with Gasteiger partial charge < -0.3 is 10.2 Å². The number of carboxylic acids is 2. The molecule has 1 heterocycles. The van der Waals surface area contributed by atoms with Crippen molar-refractivity contribution in [3.63, 3.8) is 0 Å². The van der Waals surface area contributed by atoms with Crippen LogP contribution in [0.1, 0.15) is 49.1 Å². The fourth-order valence-corrected chi connectivity index (χ4v) is 5.84. The Balaban J connectivity index is 0.000000479. The highest BCUT2D eigenvalue weighted by molar-refractivity contribution is 6.30. The molecule has 0 bridgehead atoms. The second-order valence-electron chi connectivity index (χ2n) is 9.18. The molecule has 37 heavy (non-hydrogen) atoms. The molecule has 4 rings (SSSR count). The number of halogens is 5. The van der Waals surface area contributed by atoms with Crippen molar-refractivity contribution in [2.45, 2.75) is 61.7 Å². The first kappa shape index (κ1) is 28.8. The topological polar surface area (TPSA) is 110 Å². The lowest BCUT2D eigenvalue weighted by atomic mass is 9.61. The predicted molar refractivity (Wildman–Crippen MR) is 132 cm³/mol. The highest BCUT2D eigenvalue weighted by atomic mass is 35.5. The normalized spacial score (nSPS) is 26.0. The van der Waals surface area contributed by atoms with Crippen LogP contribution < -0.4 is 5.32 Å². The van der Waals surface area contributed by atoms with Crippen LogP contribution in [0.25, 0.3) is 0 Å². The highest BCUT2D eigenvalue weighted by Crippen LogP contribution is 2.52. The zero-order chi connectivity index (χ0) is 27.4. The minimum absolute atomic E-state index is 0.236. The van der Waals surface area contributed by atoms with E-state index < -0.39 is 35.5 Å². The summed E-state index contributed by atoms with van der Waals surface area (Å²) in [5.74, 6) is -4.05. The van der Waals surface area contributed by atoms with Gasteiger partial charge in [0.25, 0.3) is 0 Å². The van der Waals surface area contributed by atoms with E-state index in [9.17, 15) is 28.3 Å². The maximum absolute atomic E-state index is 12.4. The molecule has 0 unspecified atom stereocenters. The van der Waals surface area contributed by atoms with Gasteiger partial charge in [0.1, 0.15) is 11.5 Å². The fraction of sp³-hybridized carbons (Fsp3) is 0.423. The van der Waals surface area contributed by atoms with E-state index in [0.29, 0.717) is 10.0 Å². The molecular weight excluding hydrogens is 532 g/mol. The van der Waals surface area contributed by atoms with Crippen LogP contribution in [0, 0.1) is 17.2 Å². The van der Waals surface area contributed by atoms with Crippen molar-refractivity contribution in [2.24, 2.45) is 5.92 Å². The Hall–Kier alpha value is -2.80. The first-order chi connectivity index (χ1) is 17.4.